The van der Waals surface area contributed by atoms with Gasteiger partial charge in [-0.1, -0.05) is 44.2 Å². The van der Waals surface area contributed by atoms with Gasteiger partial charge in [-0.25, -0.2) is 0 Å². The molecule has 2 heterocycles. The van der Waals surface area contributed by atoms with Crippen molar-refractivity contribution < 1.29 is 14.4 Å². The highest BCUT2D eigenvalue weighted by atomic mass is 16.2. The molecule has 3 amide bonds. The Kier molecular flexibility index (Phi) is 7.51. The number of carbonyl (C=O) groups excluding carboxylic acids is 3. The number of piperidine rings is 1. The van der Waals surface area contributed by atoms with Crippen LogP contribution >= 0.6 is 0 Å². The van der Waals surface area contributed by atoms with Crippen molar-refractivity contribution in [2.24, 2.45) is 11.8 Å². The number of hydrogen-bond donors (Lipinski definition) is 1. The topological polar surface area (TPSA) is 69.7 Å². The Morgan fingerprint density at radius 3 is 2.33 bits per heavy atom. The van der Waals surface area contributed by atoms with Crippen LogP contribution in [0.5, 0.6) is 0 Å². The van der Waals surface area contributed by atoms with E-state index in [2.05, 4.69) is 5.32 Å². The van der Waals surface area contributed by atoms with Crippen molar-refractivity contribution in [2.45, 2.75) is 65.0 Å². The molecular weight excluding hydrogens is 378 g/mol. The molecule has 0 radical (unpaired) electrons. The number of rotatable bonds is 7. The highest BCUT2D eigenvalue weighted by molar-refractivity contribution is 5.89. The summed E-state index contributed by atoms with van der Waals surface area (Å²) in [5.41, 5.74) is 1.09. The summed E-state index contributed by atoms with van der Waals surface area (Å²) in [5, 5.41) is 3.16. The second-order valence-corrected chi connectivity index (χ2v) is 8.66. The molecule has 0 aliphatic carbocycles. The van der Waals surface area contributed by atoms with Crippen LogP contribution in [0.15, 0.2) is 30.3 Å². The number of nitrogens with zero attached hydrogens (tertiary/aromatic N) is 2. The third-order valence-electron chi connectivity index (χ3n) is 6.77. The first-order valence-electron chi connectivity index (χ1n) is 11.4. The highest BCUT2D eigenvalue weighted by Gasteiger charge is 2.39. The van der Waals surface area contributed by atoms with Gasteiger partial charge in [-0.15, -0.1) is 0 Å². The minimum absolute atomic E-state index is 0.0254. The molecule has 2 saturated heterocycles. The molecule has 6 nitrogen and oxygen atoms in total. The third kappa shape index (κ3) is 5.02. The summed E-state index contributed by atoms with van der Waals surface area (Å²) in [5.74, 6) is 0.0794. The average molecular weight is 414 g/mol. The van der Waals surface area contributed by atoms with Crippen molar-refractivity contribution in [1.29, 1.82) is 0 Å². The maximum atomic E-state index is 13.0. The number of amides is 3. The Bertz CT molecular complexity index is 739. The molecule has 6 heteroatoms. The summed E-state index contributed by atoms with van der Waals surface area (Å²) in [6.45, 7) is 7.88. The highest BCUT2D eigenvalue weighted by Crippen LogP contribution is 2.30. The van der Waals surface area contributed by atoms with Crippen LogP contribution in [0.25, 0.3) is 0 Å². The van der Waals surface area contributed by atoms with Crippen LogP contribution in [0.3, 0.4) is 0 Å². The molecule has 1 aromatic rings. The SMILES string of the molecule is CCC(CC)C(=O)NC1CCN(C(=O)C2CC(=O)N(C(C)c3ccccc3)C2)CC1. The third-order valence-corrected chi connectivity index (χ3v) is 6.77. The predicted molar refractivity (Wildman–Crippen MR) is 116 cm³/mol. The number of nitrogens with one attached hydrogen (secondary N) is 1. The van der Waals surface area contributed by atoms with Crippen molar-refractivity contribution in [3.8, 4) is 0 Å². The Labute approximate surface area is 180 Å². The molecular formula is C24H35N3O3. The fourth-order valence-corrected chi connectivity index (χ4v) is 4.66. The van der Waals surface area contributed by atoms with E-state index < -0.39 is 0 Å². The predicted octanol–water partition coefficient (Wildman–Crippen LogP) is 3.14. The molecule has 2 fully saturated rings. The summed E-state index contributed by atoms with van der Waals surface area (Å²) in [6, 6.07) is 10.1. The summed E-state index contributed by atoms with van der Waals surface area (Å²) >= 11 is 0. The van der Waals surface area contributed by atoms with E-state index in [-0.39, 0.29) is 41.6 Å². The smallest absolute Gasteiger partial charge is 0.227 e. The quantitative estimate of drug-likeness (QED) is 0.747. The lowest BCUT2D eigenvalue weighted by Crippen LogP contribution is -2.49. The van der Waals surface area contributed by atoms with Crippen LogP contribution in [0.2, 0.25) is 0 Å². The van der Waals surface area contributed by atoms with Gasteiger partial charge in [0.1, 0.15) is 0 Å². The van der Waals surface area contributed by atoms with Crippen molar-refractivity contribution in [2.75, 3.05) is 19.6 Å². The maximum absolute atomic E-state index is 13.0. The fraction of sp³-hybridized carbons (Fsp3) is 0.625. The van der Waals surface area contributed by atoms with Gasteiger partial charge in [0, 0.05) is 38.0 Å². The summed E-state index contributed by atoms with van der Waals surface area (Å²) in [6.07, 6.45) is 3.56. The molecule has 2 atom stereocenters. The molecule has 1 N–H and O–H groups in total. The molecule has 0 aromatic heterocycles. The number of likely N-dealkylation sites (tertiary alicyclic amines) is 2. The van der Waals surface area contributed by atoms with Crippen LogP contribution in [-0.2, 0) is 14.4 Å². The van der Waals surface area contributed by atoms with E-state index in [1.807, 2.05) is 60.9 Å². The van der Waals surface area contributed by atoms with E-state index in [9.17, 15) is 14.4 Å². The second-order valence-electron chi connectivity index (χ2n) is 8.66. The second kappa shape index (κ2) is 10.1. The van der Waals surface area contributed by atoms with E-state index in [1.54, 1.807) is 0 Å². The Morgan fingerprint density at radius 2 is 1.73 bits per heavy atom. The standard InChI is InChI=1S/C24H35N3O3/c1-4-18(5-2)23(29)25-21-11-13-26(14-12-21)24(30)20-15-22(28)27(16-20)17(3)19-9-7-6-8-10-19/h6-10,17-18,20-21H,4-5,11-16H2,1-3H3,(H,25,29). The van der Waals surface area contributed by atoms with E-state index in [4.69, 9.17) is 0 Å². The monoisotopic (exact) mass is 413 g/mol. The van der Waals surface area contributed by atoms with E-state index in [0.717, 1.165) is 31.2 Å². The lowest BCUT2D eigenvalue weighted by atomic mass is 9.98. The van der Waals surface area contributed by atoms with Gasteiger partial charge < -0.3 is 15.1 Å². The summed E-state index contributed by atoms with van der Waals surface area (Å²) in [7, 11) is 0. The van der Waals surface area contributed by atoms with Crippen LogP contribution in [0.4, 0.5) is 0 Å². The Hall–Kier alpha value is -2.37. The van der Waals surface area contributed by atoms with Crippen molar-refractivity contribution in [1.82, 2.24) is 15.1 Å². The van der Waals surface area contributed by atoms with Crippen LogP contribution < -0.4 is 5.32 Å². The zero-order valence-corrected chi connectivity index (χ0v) is 18.5. The first kappa shape index (κ1) is 22.3. The minimum Gasteiger partial charge on any atom is -0.353 e. The van der Waals surface area contributed by atoms with Gasteiger partial charge in [-0.05, 0) is 38.2 Å². The lowest BCUT2D eigenvalue weighted by Gasteiger charge is -2.34. The van der Waals surface area contributed by atoms with Gasteiger partial charge in [0.15, 0.2) is 0 Å². The zero-order valence-electron chi connectivity index (χ0n) is 18.5. The lowest BCUT2D eigenvalue weighted by molar-refractivity contribution is -0.137. The van der Waals surface area contributed by atoms with E-state index >= 15 is 0 Å². The molecule has 3 rings (SSSR count). The fourth-order valence-electron chi connectivity index (χ4n) is 4.66. The zero-order chi connectivity index (χ0) is 21.7. The van der Waals surface area contributed by atoms with Gasteiger partial charge >= 0.3 is 0 Å². The van der Waals surface area contributed by atoms with Gasteiger partial charge in [-0.3, -0.25) is 14.4 Å². The molecule has 30 heavy (non-hydrogen) atoms. The molecule has 2 unspecified atom stereocenters. The van der Waals surface area contributed by atoms with Crippen molar-refractivity contribution >= 4 is 17.7 Å². The first-order chi connectivity index (χ1) is 14.4. The van der Waals surface area contributed by atoms with Crippen LogP contribution in [0, 0.1) is 11.8 Å². The van der Waals surface area contributed by atoms with Gasteiger partial charge in [0.05, 0.1) is 12.0 Å². The molecule has 2 aliphatic rings. The Balaban J connectivity index is 1.51. The minimum atomic E-state index is -0.264. The van der Waals surface area contributed by atoms with E-state index in [0.29, 0.717) is 26.1 Å². The molecule has 1 aromatic carbocycles. The summed E-state index contributed by atoms with van der Waals surface area (Å²) < 4.78 is 0. The van der Waals surface area contributed by atoms with Gasteiger partial charge in [0.25, 0.3) is 0 Å². The number of carbonyl (C=O) groups is 3. The average Bonchev–Trinajstić information content (AvgIpc) is 3.16. The first-order valence-corrected chi connectivity index (χ1v) is 11.4. The van der Waals surface area contributed by atoms with Crippen LogP contribution in [0.1, 0.15) is 64.5 Å². The number of benzene rings is 1. The molecule has 164 valence electrons. The molecule has 0 bridgehead atoms. The van der Waals surface area contributed by atoms with Crippen molar-refractivity contribution in [3.63, 3.8) is 0 Å². The normalized spacial score (nSPS) is 21.2. The largest absolute Gasteiger partial charge is 0.353 e. The molecule has 0 saturated carbocycles. The maximum Gasteiger partial charge on any atom is 0.227 e. The Morgan fingerprint density at radius 1 is 1.10 bits per heavy atom. The number of hydrogen-bond acceptors (Lipinski definition) is 3. The molecule has 2 aliphatic heterocycles. The van der Waals surface area contributed by atoms with Crippen LogP contribution in [-0.4, -0.2) is 53.2 Å². The van der Waals surface area contributed by atoms with E-state index in [1.165, 1.54) is 0 Å². The molecule has 0 spiro atoms. The van der Waals surface area contributed by atoms with Crippen molar-refractivity contribution in [3.05, 3.63) is 35.9 Å². The van der Waals surface area contributed by atoms with Gasteiger partial charge in [-0.2, -0.15) is 0 Å². The summed E-state index contributed by atoms with van der Waals surface area (Å²) in [4.78, 5) is 41.7. The van der Waals surface area contributed by atoms with Gasteiger partial charge in [0.2, 0.25) is 17.7 Å².